The fourth-order valence-corrected chi connectivity index (χ4v) is 2.88. The molecule has 18 heavy (non-hydrogen) atoms. The number of hydrogen-bond donors (Lipinski definition) is 1. The van der Waals surface area contributed by atoms with Crippen LogP contribution in [0.2, 0.25) is 0 Å². The van der Waals surface area contributed by atoms with Gasteiger partial charge in [-0.1, -0.05) is 6.07 Å². The first-order chi connectivity index (χ1) is 8.77. The summed E-state index contributed by atoms with van der Waals surface area (Å²) in [6, 6.07) is 4.28. The number of carbonyl (C=O) groups excluding carboxylic acids is 1. The van der Waals surface area contributed by atoms with Crippen molar-refractivity contribution in [3.63, 3.8) is 0 Å². The van der Waals surface area contributed by atoms with Gasteiger partial charge in [0.15, 0.2) is 0 Å². The molecule has 0 radical (unpaired) electrons. The highest BCUT2D eigenvalue weighted by Crippen LogP contribution is 2.13. The van der Waals surface area contributed by atoms with Crippen molar-refractivity contribution in [2.75, 3.05) is 25.4 Å². The van der Waals surface area contributed by atoms with Gasteiger partial charge >= 0.3 is 0 Å². The van der Waals surface area contributed by atoms with E-state index in [4.69, 9.17) is 0 Å². The summed E-state index contributed by atoms with van der Waals surface area (Å²) in [5.74, 6) is 1.65. The van der Waals surface area contributed by atoms with Crippen LogP contribution >= 0.6 is 11.8 Å². The van der Waals surface area contributed by atoms with E-state index in [-0.39, 0.29) is 5.91 Å². The monoisotopic (exact) mass is 265 g/mol. The minimum absolute atomic E-state index is 0.248. The standard InChI is InChI=1S/C13H19N3OS/c1-11-7-15-5-6-16(11)13(17)10-18-9-12-3-2-4-14-8-12/h2-4,8,11,15H,5-7,9-10H2,1H3/t11-/m0/s1. The summed E-state index contributed by atoms with van der Waals surface area (Å²) in [4.78, 5) is 18.1. The average molecular weight is 265 g/mol. The summed E-state index contributed by atoms with van der Waals surface area (Å²) in [7, 11) is 0. The molecule has 0 saturated carbocycles. The van der Waals surface area contributed by atoms with Crippen LogP contribution in [0.25, 0.3) is 0 Å². The van der Waals surface area contributed by atoms with Crippen molar-refractivity contribution >= 4 is 17.7 Å². The van der Waals surface area contributed by atoms with Gasteiger partial charge in [-0.25, -0.2) is 0 Å². The summed E-state index contributed by atoms with van der Waals surface area (Å²) < 4.78 is 0. The molecular formula is C13H19N3OS. The van der Waals surface area contributed by atoms with Crippen LogP contribution in [0.15, 0.2) is 24.5 Å². The number of nitrogens with one attached hydrogen (secondary N) is 1. The second-order valence-corrected chi connectivity index (χ2v) is 5.48. The molecule has 1 aliphatic rings. The van der Waals surface area contributed by atoms with Crippen LogP contribution < -0.4 is 5.32 Å². The lowest BCUT2D eigenvalue weighted by Gasteiger charge is -2.33. The largest absolute Gasteiger partial charge is 0.337 e. The van der Waals surface area contributed by atoms with Gasteiger partial charge in [-0.15, -0.1) is 11.8 Å². The van der Waals surface area contributed by atoms with E-state index in [0.29, 0.717) is 11.8 Å². The molecule has 1 atom stereocenters. The van der Waals surface area contributed by atoms with Crippen molar-refractivity contribution < 1.29 is 4.79 Å². The molecule has 0 bridgehead atoms. The third kappa shape index (κ3) is 3.71. The van der Waals surface area contributed by atoms with Gasteiger partial charge in [0.2, 0.25) is 5.91 Å². The normalized spacial score (nSPS) is 19.8. The van der Waals surface area contributed by atoms with Gasteiger partial charge in [-0.3, -0.25) is 9.78 Å². The maximum absolute atomic E-state index is 12.1. The Kier molecular flexibility index (Phi) is 5.01. The average Bonchev–Trinajstić information content (AvgIpc) is 2.40. The number of pyridine rings is 1. The lowest BCUT2D eigenvalue weighted by molar-refractivity contribution is -0.131. The number of thioether (sulfide) groups is 1. The van der Waals surface area contributed by atoms with Crippen LogP contribution in [0, 0.1) is 0 Å². The number of aromatic nitrogens is 1. The quantitative estimate of drug-likeness (QED) is 0.886. The zero-order valence-corrected chi connectivity index (χ0v) is 11.4. The third-order valence-electron chi connectivity index (χ3n) is 3.04. The zero-order valence-electron chi connectivity index (χ0n) is 10.6. The number of rotatable bonds is 4. The molecule has 4 nitrogen and oxygen atoms in total. The maximum Gasteiger partial charge on any atom is 0.232 e. The Morgan fingerprint density at radius 1 is 1.67 bits per heavy atom. The van der Waals surface area contributed by atoms with Gasteiger partial charge < -0.3 is 10.2 Å². The first-order valence-electron chi connectivity index (χ1n) is 6.24. The van der Waals surface area contributed by atoms with E-state index >= 15 is 0 Å². The molecule has 1 aliphatic heterocycles. The van der Waals surface area contributed by atoms with Crippen molar-refractivity contribution in [1.82, 2.24) is 15.2 Å². The Morgan fingerprint density at radius 3 is 3.28 bits per heavy atom. The van der Waals surface area contributed by atoms with Crippen molar-refractivity contribution in [3.8, 4) is 0 Å². The van der Waals surface area contributed by atoms with Crippen LogP contribution in [-0.4, -0.2) is 47.2 Å². The highest BCUT2D eigenvalue weighted by molar-refractivity contribution is 7.99. The molecule has 0 unspecified atom stereocenters. The molecule has 0 aromatic carbocycles. The highest BCUT2D eigenvalue weighted by atomic mass is 32.2. The van der Waals surface area contributed by atoms with Crippen LogP contribution in [0.4, 0.5) is 0 Å². The van der Waals surface area contributed by atoms with Crippen LogP contribution in [0.1, 0.15) is 12.5 Å². The van der Waals surface area contributed by atoms with E-state index in [1.54, 1.807) is 18.0 Å². The van der Waals surface area contributed by atoms with E-state index in [1.165, 1.54) is 5.56 Å². The van der Waals surface area contributed by atoms with Crippen molar-refractivity contribution in [2.45, 2.75) is 18.7 Å². The molecule has 1 aromatic rings. The molecule has 1 amide bonds. The number of carbonyl (C=O) groups is 1. The van der Waals surface area contributed by atoms with Crippen LogP contribution in [0.3, 0.4) is 0 Å². The first-order valence-corrected chi connectivity index (χ1v) is 7.39. The molecule has 2 heterocycles. The zero-order chi connectivity index (χ0) is 12.8. The summed E-state index contributed by atoms with van der Waals surface area (Å²) in [5, 5.41) is 3.29. The minimum Gasteiger partial charge on any atom is -0.337 e. The molecule has 5 heteroatoms. The van der Waals surface area contributed by atoms with Gasteiger partial charge in [-0.2, -0.15) is 0 Å². The summed E-state index contributed by atoms with van der Waals surface area (Å²) in [5.41, 5.74) is 1.17. The van der Waals surface area contributed by atoms with Crippen molar-refractivity contribution in [3.05, 3.63) is 30.1 Å². The molecule has 1 aromatic heterocycles. The van der Waals surface area contributed by atoms with Crippen molar-refractivity contribution in [1.29, 1.82) is 0 Å². The minimum atomic E-state index is 0.248. The van der Waals surface area contributed by atoms with Gasteiger partial charge in [0, 0.05) is 43.8 Å². The molecular weight excluding hydrogens is 246 g/mol. The van der Waals surface area contributed by atoms with Gasteiger partial charge in [0.05, 0.1) is 5.75 Å². The molecule has 98 valence electrons. The number of hydrogen-bond acceptors (Lipinski definition) is 4. The highest BCUT2D eigenvalue weighted by Gasteiger charge is 2.22. The summed E-state index contributed by atoms with van der Waals surface area (Å²) in [6.45, 7) is 4.73. The predicted molar refractivity (Wildman–Crippen MR) is 74.4 cm³/mol. The fourth-order valence-electron chi connectivity index (χ4n) is 2.03. The molecule has 1 N–H and O–H groups in total. The summed E-state index contributed by atoms with van der Waals surface area (Å²) >= 11 is 1.66. The molecule has 1 fully saturated rings. The van der Waals surface area contributed by atoms with E-state index in [9.17, 15) is 4.79 Å². The molecule has 2 rings (SSSR count). The topological polar surface area (TPSA) is 45.2 Å². The Labute approximate surface area is 112 Å². The van der Waals surface area contributed by atoms with Gasteiger partial charge in [-0.05, 0) is 18.6 Å². The maximum atomic E-state index is 12.1. The third-order valence-corrected chi connectivity index (χ3v) is 4.03. The van der Waals surface area contributed by atoms with Crippen molar-refractivity contribution in [2.24, 2.45) is 0 Å². The second-order valence-electron chi connectivity index (χ2n) is 4.49. The van der Waals surface area contributed by atoms with E-state index in [2.05, 4.69) is 17.2 Å². The Morgan fingerprint density at radius 2 is 2.56 bits per heavy atom. The Balaban J connectivity index is 1.74. The van der Waals surface area contributed by atoms with E-state index in [0.717, 1.165) is 25.4 Å². The number of amides is 1. The van der Waals surface area contributed by atoms with E-state index in [1.807, 2.05) is 23.2 Å². The van der Waals surface area contributed by atoms with E-state index < -0.39 is 0 Å². The lowest BCUT2D eigenvalue weighted by Crippen LogP contribution is -2.52. The van der Waals surface area contributed by atoms with Gasteiger partial charge in [0.1, 0.15) is 0 Å². The molecule has 0 aliphatic carbocycles. The van der Waals surface area contributed by atoms with Crippen LogP contribution in [0.5, 0.6) is 0 Å². The smallest absolute Gasteiger partial charge is 0.232 e. The molecule has 0 spiro atoms. The van der Waals surface area contributed by atoms with Gasteiger partial charge in [0.25, 0.3) is 0 Å². The first kappa shape index (κ1) is 13.4. The SMILES string of the molecule is C[C@H]1CNCCN1C(=O)CSCc1cccnc1. The lowest BCUT2D eigenvalue weighted by atomic mass is 10.2. The Hall–Kier alpha value is -1.07. The number of nitrogens with zero attached hydrogens (tertiary/aromatic N) is 2. The Bertz CT molecular complexity index is 385. The van der Waals surface area contributed by atoms with Crippen LogP contribution in [-0.2, 0) is 10.5 Å². The second kappa shape index (κ2) is 6.75. The summed E-state index contributed by atoms with van der Waals surface area (Å²) in [6.07, 6.45) is 3.62. The predicted octanol–water partition coefficient (Wildman–Crippen LogP) is 1.14. The fraction of sp³-hybridized carbons (Fsp3) is 0.538. The molecule has 1 saturated heterocycles. The number of piperazine rings is 1.